The molecule has 1 aromatic rings. The molecular formula is C23H35IN2O. The average molecular weight is 482 g/mol. The number of piperidine rings is 1. The monoisotopic (exact) mass is 482 g/mol. The van der Waals surface area contributed by atoms with Gasteiger partial charge in [-0.2, -0.15) is 0 Å². The summed E-state index contributed by atoms with van der Waals surface area (Å²) in [6.45, 7) is 0. The molecule has 2 saturated carbocycles. The van der Waals surface area contributed by atoms with Crippen molar-refractivity contribution in [2.75, 3.05) is 7.05 Å². The van der Waals surface area contributed by atoms with E-state index in [0.29, 0.717) is 17.9 Å². The molecule has 3 nitrogen and oxygen atoms in total. The van der Waals surface area contributed by atoms with Crippen LogP contribution in [0.25, 0.3) is 0 Å². The fourth-order valence-corrected chi connectivity index (χ4v) is 7.67. The quantitative estimate of drug-likeness (QED) is 0.375. The second-order valence-electron chi connectivity index (χ2n) is 9.89. The zero-order chi connectivity index (χ0) is 18.4. The molecule has 4 heteroatoms. The van der Waals surface area contributed by atoms with E-state index in [2.05, 4.69) is 45.8 Å². The smallest absolute Gasteiger partial charge is 0.141 e. The van der Waals surface area contributed by atoms with Gasteiger partial charge in [-0.25, -0.2) is 0 Å². The second-order valence-corrected chi connectivity index (χ2v) is 11.7. The van der Waals surface area contributed by atoms with E-state index in [0.717, 1.165) is 21.8 Å². The van der Waals surface area contributed by atoms with Gasteiger partial charge in [0.25, 0.3) is 0 Å². The molecule has 1 aromatic heterocycles. The van der Waals surface area contributed by atoms with E-state index >= 15 is 0 Å². The third-order valence-electron chi connectivity index (χ3n) is 8.52. The highest BCUT2D eigenvalue weighted by Crippen LogP contribution is 2.52. The molecule has 3 heterocycles. The molecule has 0 amide bonds. The van der Waals surface area contributed by atoms with Crippen molar-refractivity contribution in [2.24, 2.45) is 11.8 Å². The summed E-state index contributed by atoms with van der Waals surface area (Å²) in [6.07, 6.45) is 16.6. The maximum absolute atomic E-state index is 6.12. The Balaban J connectivity index is 1.41. The molecular weight excluding hydrogens is 447 g/mol. The zero-order valence-corrected chi connectivity index (χ0v) is 18.9. The van der Waals surface area contributed by atoms with E-state index in [1.54, 1.807) is 0 Å². The Labute approximate surface area is 178 Å². The van der Waals surface area contributed by atoms with Gasteiger partial charge in [-0.15, -0.1) is 0 Å². The van der Waals surface area contributed by atoms with E-state index in [1.807, 2.05) is 0 Å². The van der Waals surface area contributed by atoms with Crippen LogP contribution in [0.4, 0.5) is 0 Å². The van der Waals surface area contributed by atoms with Crippen molar-refractivity contribution in [3.63, 3.8) is 0 Å². The molecule has 4 atom stereocenters. The van der Waals surface area contributed by atoms with Crippen LogP contribution in [0.15, 0.2) is 10.6 Å². The summed E-state index contributed by atoms with van der Waals surface area (Å²) in [5.41, 5.74) is 1.27. The highest BCUT2D eigenvalue weighted by Gasteiger charge is 2.50. The molecule has 4 aliphatic rings. The number of nitrogens with zero attached hydrogens (tertiary/aromatic N) is 2. The van der Waals surface area contributed by atoms with Crippen LogP contribution in [0.2, 0.25) is 0 Å². The maximum atomic E-state index is 6.12. The van der Waals surface area contributed by atoms with Gasteiger partial charge in [0.05, 0.1) is 5.69 Å². The molecule has 2 aliphatic heterocycles. The van der Waals surface area contributed by atoms with Crippen LogP contribution in [0.1, 0.15) is 100 Å². The van der Waals surface area contributed by atoms with Crippen molar-refractivity contribution in [1.29, 1.82) is 0 Å². The molecule has 4 fully saturated rings. The molecule has 150 valence electrons. The Morgan fingerprint density at radius 2 is 1.78 bits per heavy atom. The second kappa shape index (κ2) is 7.97. The van der Waals surface area contributed by atoms with Crippen molar-refractivity contribution >= 4 is 22.6 Å². The molecule has 27 heavy (non-hydrogen) atoms. The highest BCUT2D eigenvalue weighted by molar-refractivity contribution is 14.1. The largest absolute Gasteiger partial charge is 0.361 e. The van der Waals surface area contributed by atoms with Crippen LogP contribution in [0.5, 0.6) is 0 Å². The van der Waals surface area contributed by atoms with Crippen molar-refractivity contribution in [3.05, 3.63) is 17.5 Å². The first-order valence-electron chi connectivity index (χ1n) is 11.5. The van der Waals surface area contributed by atoms with E-state index in [1.165, 1.54) is 88.5 Å². The Bertz CT molecular complexity index is 632. The van der Waals surface area contributed by atoms with Crippen LogP contribution in [0.3, 0.4) is 0 Å². The lowest BCUT2D eigenvalue weighted by Gasteiger charge is -2.46. The van der Waals surface area contributed by atoms with Crippen molar-refractivity contribution < 1.29 is 4.52 Å². The first-order chi connectivity index (χ1) is 13.2. The summed E-state index contributed by atoms with van der Waals surface area (Å²) in [4.78, 5) is 2.69. The minimum Gasteiger partial charge on any atom is -0.361 e. The third kappa shape index (κ3) is 3.62. The molecule has 4 unspecified atom stereocenters. The van der Waals surface area contributed by atoms with E-state index < -0.39 is 0 Å². The van der Waals surface area contributed by atoms with Crippen LogP contribution in [-0.2, 0) is 0 Å². The summed E-state index contributed by atoms with van der Waals surface area (Å²) >= 11 is 2.67. The van der Waals surface area contributed by atoms with Gasteiger partial charge in [0.2, 0.25) is 0 Å². The summed E-state index contributed by atoms with van der Waals surface area (Å²) in [5.74, 6) is 4.18. The topological polar surface area (TPSA) is 29.3 Å². The van der Waals surface area contributed by atoms with Crippen LogP contribution in [-0.4, -0.2) is 33.1 Å². The Kier molecular flexibility index (Phi) is 5.58. The number of aromatic nitrogens is 1. The molecule has 0 aromatic carbocycles. The fraction of sp³-hybridized carbons (Fsp3) is 0.870. The number of rotatable bonds is 3. The number of likely N-dealkylation sites (N-methyl/N-ethyl adjacent to an activating group) is 1. The van der Waals surface area contributed by atoms with Gasteiger partial charge in [0.15, 0.2) is 0 Å². The first-order valence-corrected chi connectivity index (χ1v) is 12.8. The van der Waals surface area contributed by atoms with E-state index in [-0.39, 0.29) is 0 Å². The lowest BCUT2D eigenvalue weighted by molar-refractivity contribution is 0.0524. The lowest BCUT2D eigenvalue weighted by atomic mass is 9.67. The van der Waals surface area contributed by atoms with Crippen molar-refractivity contribution in [1.82, 2.24) is 10.1 Å². The summed E-state index contributed by atoms with van der Waals surface area (Å²) in [5, 5.41) is 4.62. The molecule has 0 N–H and O–H groups in total. The van der Waals surface area contributed by atoms with E-state index in [4.69, 9.17) is 4.52 Å². The third-order valence-corrected chi connectivity index (χ3v) is 9.77. The normalized spacial score (nSPS) is 41.1. The van der Waals surface area contributed by atoms with E-state index in [9.17, 15) is 0 Å². The lowest BCUT2D eigenvalue weighted by Crippen LogP contribution is -2.47. The van der Waals surface area contributed by atoms with Crippen molar-refractivity contribution in [2.45, 2.75) is 105 Å². The summed E-state index contributed by atoms with van der Waals surface area (Å²) in [6, 6.07) is 3.89. The number of hydrogen-bond acceptors (Lipinski definition) is 3. The van der Waals surface area contributed by atoms with Gasteiger partial charge in [-0.1, -0.05) is 47.0 Å². The molecule has 5 rings (SSSR count). The van der Waals surface area contributed by atoms with Gasteiger partial charge in [0, 0.05) is 33.9 Å². The predicted octanol–water partition coefficient (Wildman–Crippen LogP) is 6.28. The molecule has 2 bridgehead atoms. The Morgan fingerprint density at radius 3 is 2.56 bits per heavy atom. The Morgan fingerprint density at radius 1 is 1.00 bits per heavy atom. The average Bonchev–Trinajstić information content (AvgIpc) is 3.26. The van der Waals surface area contributed by atoms with Gasteiger partial charge in [-0.05, 0) is 76.7 Å². The summed E-state index contributed by atoms with van der Waals surface area (Å²) in [7, 11) is 2.37. The first kappa shape index (κ1) is 18.9. The Hall–Kier alpha value is -0.100. The number of halogens is 1. The number of fused-ring (bicyclic) bond motifs is 2. The molecule has 0 radical (unpaired) electrons. The standard InChI is InChI=1S/C23H35IN2O/c1-26-18-11-12-21(26)23(19(13-18)15-7-9-17(24)10-8-15)22-14-20(25-27-22)16-5-3-2-4-6-16/h14-19,21,23H,2-13H2,1H3. The van der Waals surface area contributed by atoms with Gasteiger partial charge in [-0.3, -0.25) is 4.90 Å². The van der Waals surface area contributed by atoms with Gasteiger partial charge >= 0.3 is 0 Å². The molecule has 0 spiro atoms. The molecule has 2 aliphatic carbocycles. The SMILES string of the molecule is CN1C2CCC1C(c1cc(C3CCCCC3)no1)C(C1CCC(I)CC1)C2. The van der Waals surface area contributed by atoms with Crippen LogP contribution >= 0.6 is 22.6 Å². The minimum atomic E-state index is 0.578. The van der Waals surface area contributed by atoms with Gasteiger partial charge in [0.1, 0.15) is 5.76 Å². The molecule has 2 saturated heterocycles. The highest BCUT2D eigenvalue weighted by atomic mass is 127. The van der Waals surface area contributed by atoms with Crippen molar-refractivity contribution in [3.8, 4) is 0 Å². The zero-order valence-electron chi connectivity index (χ0n) is 16.8. The van der Waals surface area contributed by atoms with Gasteiger partial charge < -0.3 is 4.52 Å². The fourth-order valence-electron chi connectivity index (χ4n) is 6.95. The number of alkyl halides is 1. The predicted molar refractivity (Wildman–Crippen MR) is 118 cm³/mol. The maximum Gasteiger partial charge on any atom is 0.141 e. The summed E-state index contributed by atoms with van der Waals surface area (Å²) < 4.78 is 7.03. The minimum absolute atomic E-state index is 0.578. The van der Waals surface area contributed by atoms with Crippen LogP contribution in [0, 0.1) is 11.8 Å². The van der Waals surface area contributed by atoms with Crippen LogP contribution < -0.4 is 0 Å². The number of hydrogen-bond donors (Lipinski definition) is 0.